The number of rotatable bonds is 8. The Balaban J connectivity index is 1.41. The molecule has 0 saturated heterocycles. The first-order valence-electron chi connectivity index (χ1n) is 15.1. The van der Waals surface area contributed by atoms with Gasteiger partial charge in [0.2, 0.25) is 0 Å². The quantitative estimate of drug-likeness (QED) is 0.197. The second-order valence-corrected chi connectivity index (χ2v) is 15.4. The summed E-state index contributed by atoms with van der Waals surface area (Å²) in [5.41, 5.74) is 7.83. The predicted molar refractivity (Wildman–Crippen MR) is 186 cm³/mol. The van der Waals surface area contributed by atoms with Gasteiger partial charge in [-0.25, -0.2) is 0 Å². The topological polar surface area (TPSA) is 6.48 Å². The van der Waals surface area contributed by atoms with Crippen LogP contribution in [0.1, 0.15) is 11.1 Å². The highest BCUT2D eigenvalue weighted by atomic mass is 28.3. The van der Waals surface area contributed by atoms with Gasteiger partial charge in [0.15, 0.2) is 8.07 Å². The first-order valence-corrected chi connectivity index (χ1v) is 17.1. The summed E-state index contributed by atoms with van der Waals surface area (Å²) in [6.07, 6.45) is 0. The lowest BCUT2D eigenvalue weighted by Crippen LogP contribution is -2.72. The Bertz CT molecular complexity index is 1700. The molecule has 6 aromatic carbocycles. The highest BCUT2D eigenvalue weighted by molar-refractivity contribution is 7.22. The van der Waals surface area contributed by atoms with Gasteiger partial charge in [-0.05, 0) is 67.3 Å². The zero-order valence-electron chi connectivity index (χ0n) is 24.8. The molecule has 1 aliphatic heterocycles. The summed E-state index contributed by atoms with van der Waals surface area (Å²) in [5.74, 6) is 0. The van der Waals surface area contributed by atoms with Crippen LogP contribution in [0.5, 0.6) is 0 Å². The number of benzene rings is 6. The molecule has 0 saturated carbocycles. The van der Waals surface area contributed by atoms with Crippen molar-refractivity contribution < 1.29 is 0 Å². The van der Waals surface area contributed by atoms with Crippen molar-refractivity contribution >= 4 is 40.2 Å². The highest BCUT2D eigenvalue weighted by Gasteiger charge is 2.48. The van der Waals surface area contributed by atoms with Gasteiger partial charge < -0.3 is 9.80 Å². The molecule has 0 aromatic heterocycles. The van der Waals surface area contributed by atoms with Crippen LogP contribution < -0.4 is 30.5 Å². The minimum atomic E-state index is -2.53. The molecule has 0 spiro atoms. The van der Waals surface area contributed by atoms with Crippen LogP contribution in [-0.4, -0.2) is 22.2 Å². The average Bonchev–Trinajstić information content (AvgIpc) is 3.36. The monoisotopic (exact) mass is 572 g/mol. The Morgan fingerprint density at radius 3 is 1.14 bits per heavy atom. The number of hydrogen-bond donors (Lipinski definition) is 0. The summed E-state index contributed by atoms with van der Waals surface area (Å²) in [5, 5.41) is 5.80. The van der Waals surface area contributed by atoms with E-state index in [0.29, 0.717) is 0 Å². The third-order valence-electron chi connectivity index (χ3n) is 8.92. The van der Waals surface area contributed by atoms with Crippen molar-refractivity contribution in [2.24, 2.45) is 0 Å². The van der Waals surface area contributed by atoms with E-state index in [0.717, 1.165) is 13.1 Å². The standard InChI is InChI=1S/C40H36N2Si/c1-41(29-31-15-7-3-8-16-31)33-23-25-39-37(27-33)38-28-34(42(2)30-32-17-9-4-10-18-32)24-26-40(38)43(39,35-19-11-5-12-20-35)36-21-13-6-14-22-36/h3-28H,29-30H2,1-2H3. The van der Waals surface area contributed by atoms with Crippen molar-refractivity contribution in [3.8, 4) is 11.1 Å². The van der Waals surface area contributed by atoms with Crippen LogP contribution in [0.4, 0.5) is 11.4 Å². The van der Waals surface area contributed by atoms with E-state index in [2.05, 4.69) is 182 Å². The van der Waals surface area contributed by atoms with Crippen LogP contribution in [0.25, 0.3) is 11.1 Å². The van der Waals surface area contributed by atoms with Gasteiger partial charge >= 0.3 is 0 Å². The van der Waals surface area contributed by atoms with Crippen LogP contribution >= 0.6 is 0 Å². The third kappa shape index (κ3) is 4.86. The Morgan fingerprint density at radius 2 is 0.767 bits per heavy atom. The second kappa shape index (κ2) is 11.4. The van der Waals surface area contributed by atoms with Crippen LogP contribution in [0.15, 0.2) is 158 Å². The van der Waals surface area contributed by atoms with Gasteiger partial charge in [0, 0.05) is 38.6 Å². The van der Waals surface area contributed by atoms with Crippen molar-refractivity contribution in [2.75, 3.05) is 23.9 Å². The van der Waals surface area contributed by atoms with Crippen LogP contribution in [0.3, 0.4) is 0 Å². The lowest BCUT2D eigenvalue weighted by Gasteiger charge is -2.32. The number of nitrogens with zero attached hydrogens (tertiary/aromatic N) is 2. The van der Waals surface area contributed by atoms with Gasteiger partial charge in [-0.2, -0.15) is 0 Å². The lowest BCUT2D eigenvalue weighted by atomic mass is 10.0. The summed E-state index contributed by atoms with van der Waals surface area (Å²) in [6, 6.07) is 58.4. The fourth-order valence-corrected chi connectivity index (χ4v) is 12.0. The molecule has 210 valence electrons. The van der Waals surface area contributed by atoms with E-state index >= 15 is 0 Å². The van der Waals surface area contributed by atoms with Crippen molar-refractivity contribution in [3.05, 3.63) is 169 Å². The molecule has 6 aromatic rings. The SMILES string of the molecule is CN(Cc1ccccc1)c1ccc2c(c1)-c1cc(N(C)Cc3ccccc3)ccc1[Si]2(c1ccccc1)c1ccccc1. The molecular weight excluding hydrogens is 537 g/mol. The normalized spacial score (nSPS) is 12.8. The van der Waals surface area contributed by atoms with Gasteiger partial charge in [0.05, 0.1) is 0 Å². The van der Waals surface area contributed by atoms with Crippen LogP contribution in [-0.2, 0) is 13.1 Å². The van der Waals surface area contributed by atoms with Gasteiger partial charge in [0.25, 0.3) is 0 Å². The van der Waals surface area contributed by atoms with Crippen molar-refractivity contribution in [1.82, 2.24) is 0 Å². The molecule has 0 amide bonds. The Labute approximate surface area is 256 Å². The van der Waals surface area contributed by atoms with Gasteiger partial charge in [-0.15, -0.1) is 0 Å². The van der Waals surface area contributed by atoms with E-state index in [-0.39, 0.29) is 0 Å². The zero-order chi connectivity index (χ0) is 29.2. The Morgan fingerprint density at radius 1 is 0.419 bits per heavy atom. The minimum absolute atomic E-state index is 0.867. The van der Waals surface area contributed by atoms with Gasteiger partial charge in [-0.3, -0.25) is 0 Å². The number of anilines is 2. The van der Waals surface area contributed by atoms with Crippen molar-refractivity contribution in [1.29, 1.82) is 0 Å². The number of fused-ring (bicyclic) bond motifs is 3. The molecule has 0 bridgehead atoms. The molecule has 1 heterocycles. The number of hydrogen-bond acceptors (Lipinski definition) is 2. The minimum Gasteiger partial charge on any atom is -0.370 e. The Hall–Kier alpha value is -4.86. The van der Waals surface area contributed by atoms with E-state index in [1.807, 2.05) is 0 Å². The molecule has 0 N–H and O–H groups in total. The molecule has 2 nitrogen and oxygen atoms in total. The molecule has 3 heteroatoms. The lowest BCUT2D eigenvalue weighted by molar-refractivity contribution is 0.923. The fourth-order valence-electron chi connectivity index (χ4n) is 6.85. The molecule has 0 radical (unpaired) electrons. The smallest absolute Gasteiger partial charge is 0.180 e. The van der Waals surface area contributed by atoms with E-state index in [1.54, 1.807) is 0 Å². The summed E-state index contributed by atoms with van der Waals surface area (Å²) in [4.78, 5) is 4.74. The summed E-state index contributed by atoms with van der Waals surface area (Å²) in [6.45, 7) is 1.73. The second-order valence-electron chi connectivity index (χ2n) is 11.6. The maximum absolute atomic E-state index is 2.53. The van der Waals surface area contributed by atoms with Crippen molar-refractivity contribution in [2.45, 2.75) is 13.1 Å². The zero-order valence-corrected chi connectivity index (χ0v) is 25.8. The summed E-state index contributed by atoms with van der Waals surface area (Å²) < 4.78 is 0. The first-order chi connectivity index (χ1) is 21.1. The maximum Gasteiger partial charge on any atom is 0.180 e. The maximum atomic E-state index is 2.44. The molecule has 0 unspecified atom stereocenters. The van der Waals surface area contributed by atoms with Crippen LogP contribution in [0, 0.1) is 0 Å². The van der Waals surface area contributed by atoms with Gasteiger partial charge in [-0.1, -0.05) is 133 Å². The van der Waals surface area contributed by atoms with E-state index in [4.69, 9.17) is 0 Å². The molecule has 0 aliphatic carbocycles. The predicted octanol–water partition coefficient (Wildman–Crippen LogP) is 6.32. The van der Waals surface area contributed by atoms with Crippen molar-refractivity contribution in [3.63, 3.8) is 0 Å². The summed E-state index contributed by atoms with van der Waals surface area (Å²) >= 11 is 0. The molecule has 0 atom stereocenters. The molecule has 43 heavy (non-hydrogen) atoms. The van der Waals surface area contributed by atoms with E-state index < -0.39 is 8.07 Å². The molecule has 1 aliphatic rings. The molecular formula is C40H36N2Si. The molecule has 7 rings (SSSR count). The first kappa shape index (κ1) is 27.0. The largest absolute Gasteiger partial charge is 0.370 e. The Kier molecular flexibility index (Phi) is 7.18. The molecule has 0 fully saturated rings. The fraction of sp³-hybridized carbons (Fsp3) is 0.100. The van der Waals surface area contributed by atoms with Crippen LogP contribution in [0.2, 0.25) is 0 Å². The summed E-state index contributed by atoms with van der Waals surface area (Å²) in [7, 11) is 1.88. The third-order valence-corrected chi connectivity index (χ3v) is 13.8. The van der Waals surface area contributed by atoms with E-state index in [1.165, 1.54) is 54.4 Å². The average molecular weight is 573 g/mol. The van der Waals surface area contributed by atoms with E-state index in [9.17, 15) is 0 Å². The van der Waals surface area contributed by atoms with Gasteiger partial charge in [0.1, 0.15) is 0 Å². The highest BCUT2D eigenvalue weighted by Crippen LogP contribution is 2.34.